The van der Waals surface area contributed by atoms with E-state index in [1.165, 1.54) is 30.2 Å². The molecular weight excluding hydrogens is 402 g/mol. The Hall–Kier alpha value is -2.11. The van der Waals surface area contributed by atoms with Gasteiger partial charge < -0.3 is 10.1 Å². The van der Waals surface area contributed by atoms with E-state index in [2.05, 4.69) is 25.2 Å². The Morgan fingerprint density at radius 2 is 2.00 bits per heavy atom. The van der Waals surface area contributed by atoms with Gasteiger partial charge >= 0.3 is 0 Å². The summed E-state index contributed by atoms with van der Waals surface area (Å²) in [6.45, 7) is 0.330. The first-order valence-corrected chi connectivity index (χ1v) is 11.5. The number of amides is 1. The van der Waals surface area contributed by atoms with Crippen LogP contribution < -0.4 is 14.8 Å². The molecule has 1 aromatic carbocycles. The van der Waals surface area contributed by atoms with Crippen molar-refractivity contribution in [3.05, 3.63) is 30.6 Å². The van der Waals surface area contributed by atoms with Crippen molar-refractivity contribution in [1.29, 1.82) is 0 Å². The van der Waals surface area contributed by atoms with Gasteiger partial charge in [0.2, 0.25) is 10.0 Å². The number of sulfonamides is 1. The number of hydrogen-bond donors (Lipinski definition) is 3. The van der Waals surface area contributed by atoms with Crippen molar-refractivity contribution in [3.63, 3.8) is 0 Å². The highest BCUT2D eigenvalue weighted by Gasteiger charge is 2.22. The van der Waals surface area contributed by atoms with E-state index in [0.717, 1.165) is 25.7 Å². The van der Waals surface area contributed by atoms with E-state index in [0.29, 0.717) is 23.2 Å². The molecule has 0 bridgehead atoms. The van der Waals surface area contributed by atoms with Crippen molar-refractivity contribution in [1.82, 2.24) is 25.2 Å². The second-order valence-corrected chi connectivity index (χ2v) is 9.15. The van der Waals surface area contributed by atoms with E-state index in [-0.39, 0.29) is 23.5 Å². The Morgan fingerprint density at radius 3 is 2.68 bits per heavy atom. The van der Waals surface area contributed by atoms with Gasteiger partial charge in [0, 0.05) is 18.3 Å². The Bertz CT molecular complexity index is 850. The Balaban J connectivity index is 1.39. The number of aromatic nitrogens is 3. The lowest BCUT2D eigenvalue weighted by Crippen LogP contribution is -2.32. The number of carbonyl (C=O) groups is 1. The molecule has 152 valence electrons. The number of nitrogens with zero attached hydrogens (tertiary/aromatic N) is 2. The van der Waals surface area contributed by atoms with E-state index in [9.17, 15) is 13.2 Å². The van der Waals surface area contributed by atoms with E-state index in [4.69, 9.17) is 4.74 Å². The van der Waals surface area contributed by atoms with Gasteiger partial charge in [-0.05, 0) is 37.1 Å². The molecular formula is C17H23N5O4S2. The largest absolute Gasteiger partial charge is 0.484 e. The molecule has 1 fully saturated rings. The molecule has 0 saturated heterocycles. The zero-order chi connectivity index (χ0) is 19.8. The van der Waals surface area contributed by atoms with E-state index >= 15 is 0 Å². The zero-order valence-electron chi connectivity index (χ0n) is 15.3. The zero-order valence-corrected chi connectivity index (χ0v) is 16.9. The van der Waals surface area contributed by atoms with Crippen LogP contribution >= 0.6 is 11.8 Å². The van der Waals surface area contributed by atoms with Crippen LogP contribution in [0.15, 0.2) is 40.6 Å². The summed E-state index contributed by atoms with van der Waals surface area (Å²) in [6.07, 6.45) is 5.30. The number of carbonyl (C=O) groups excluding carboxylic acids is 1. The van der Waals surface area contributed by atoms with Crippen molar-refractivity contribution >= 4 is 27.7 Å². The maximum Gasteiger partial charge on any atom is 0.257 e. The quantitative estimate of drug-likeness (QED) is 0.387. The standard InChI is InChI=1S/C17H23N5O4S2/c23-16(18-9-10-27-17-19-12-20-21-17)11-26-14-5-7-15(8-6-14)28(24,25)22-13-3-1-2-4-13/h5-8,12-13,22H,1-4,9-11H2,(H,18,23)(H,19,20,21). The third kappa shape index (κ3) is 6.21. The number of aromatic amines is 1. The summed E-state index contributed by atoms with van der Waals surface area (Å²) < 4.78 is 32.9. The van der Waals surface area contributed by atoms with Crippen molar-refractivity contribution in [2.45, 2.75) is 41.8 Å². The first-order chi connectivity index (χ1) is 13.5. The molecule has 1 saturated carbocycles. The lowest BCUT2D eigenvalue weighted by atomic mass is 10.3. The number of thioether (sulfide) groups is 1. The molecule has 2 aromatic rings. The minimum absolute atomic E-state index is 0.0202. The number of H-pyrrole nitrogens is 1. The molecule has 1 heterocycles. The molecule has 1 amide bonds. The molecule has 0 aliphatic heterocycles. The van der Waals surface area contributed by atoms with Crippen LogP contribution in [0.2, 0.25) is 0 Å². The fourth-order valence-corrected chi connectivity index (χ4v) is 4.79. The van der Waals surface area contributed by atoms with Crippen LogP contribution in [0, 0.1) is 0 Å². The first kappa shape index (κ1) is 20.6. The van der Waals surface area contributed by atoms with Gasteiger partial charge in [-0.2, -0.15) is 5.10 Å². The smallest absolute Gasteiger partial charge is 0.257 e. The normalized spacial score (nSPS) is 14.9. The summed E-state index contributed by atoms with van der Waals surface area (Å²) in [6, 6.07) is 6.09. The van der Waals surface area contributed by atoms with E-state index in [1.54, 1.807) is 12.1 Å². The monoisotopic (exact) mass is 425 g/mol. The number of ether oxygens (including phenoxy) is 1. The molecule has 11 heteroatoms. The van der Waals surface area contributed by atoms with Gasteiger partial charge in [-0.1, -0.05) is 24.6 Å². The maximum atomic E-state index is 12.4. The third-order valence-electron chi connectivity index (χ3n) is 4.24. The molecule has 3 rings (SSSR count). The Kier molecular flexibility index (Phi) is 7.29. The molecule has 3 N–H and O–H groups in total. The summed E-state index contributed by atoms with van der Waals surface area (Å²) in [4.78, 5) is 16.0. The number of rotatable bonds is 10. The van der Waals surface area contributed by atoms with Crippen LogP contribution in [0.1, 0.15) is 25.7 Å². The highest BCUT2D eigenvalue weighted by Crippen LogP contribution is 2.21. The molecule has 28 heavy (non-hydrogen) atoms. The van der Waals surface area contributed by atoms with Crippen LogP contribution in [-0.2, 0) is 14.8 Å². The summed E-state index contributed by atoms with van der Waals surface area (Å²) in [5, 5.41) is 9.90. The van der Waals surface area contributed by atoms with Crippen LogP contribution in [0.5, 0.6) is 5.75 Å². The number of nitrogens with one attached hydrogen (secondary N) is 3. The highest BCUT2D eigenvalue weighted by atomic mass is 32.2. The average molecular weight is 426 g/mol. The van der Waals surface area contributed by atoms with Crippen molar-refractivity contribution in [2.75, 3.05) is 18.9 Å². The fraction of sp³-hybridized carbons (Fsp3) is 0.471. The lowest BCUT2D eigenvalue weighted by molar-refractivity contribution is -0.122. The van der Waals surface area contributed by atoms with Gasteiger partial charge in [0.05, 0.1) is 4.90 Å². The summed E-state index contributed by atoms with van der Waals surface area (Å²) in [5.74, 6) is 0.838. The number of benzene rings is 1. The molecule has 0 atom stereocenters. The molecule has 0 radical (unpaired) electrons. The molecule has 1 aliphatic carbocycles. The maximum absolute atomic E-state index is 12.4. The van der Waals surface area contributed by atoms with Gasteiger partial charge in [0.1, 0.15) is 12.1 Å². The Morgan fingerprint density at radius 1 is 1.25 bits per heavy atom. The summed E-state index contributed by atoms with van der Waals surface area (Å²) >= 11 is 1.45. The second kappa shape index (κ2) is 9.89. The molecule has 0 unspecified atom stereocenters. The van der Waals surface area contributed by atoms with Crippen molar-refractivity contribution < 1.29 is 17.9 Å². The molecule has 9 nitrogen and oxygen atoms in total. The topological polar surface area (TPSA) is 126 Å². The predicted octanol–water partition coefficient (Wildman–Crippen LogP) is 1.31. The molecule has 0 spiro atoms. The molecule has 1 aliphatic rings. The van der Waals surface area contributed by atoms with Crippen LogP contribution in [0.25, 0.3) is 0 Å². The van der Waals surface area contributed by atoms with Gasteiger partial charge in [-0.3, -0.25) is 9.89 Å². The van der Waals surface area contributed by atoms with Crippen LogP contribution in [0.4, 0.5) is 0 Å². The van der Waals surface area contributed by atoms with Gasteiger partial charge in [0.25, 0.3) is 5.91 Å². The van der Waals surface area contributed by atoms with Crippen LogP contribution in [-0.4, -0.2) is 54.5 Å². The van der Waals surface area contributed by atoms with Gasteiger partial charge in [-0.15, -0.1) is 0 Å². The highest BCUT2D eigenvalue weighted by molar-refractivity contribution is 7.99. The lowest BCUT2D eigenvalue weighted by Gasteiger charge is -2.13. The predicted molar refractivity (Wildman–Crippen MR) is 105 cm³/mol. The SMILES string of the molecule is O=C(COc1ccc(S(=O)(=O)NC2CCCC2)cc1)NCCSc1ncn[nH]1. The van der Waals surface area contributed by atoms with Crippen molar-refractivity contribution in [2.24, 2.45) is 0 Å². The second-order valence-electron chi connectivity index (χ2n) is 6.35. The first-order valence-electron chi connectivity index (χ1n) is 9.03. The summed E-state index contributed by atoms with van der Waals surface area (Å²) in [7, 11) is -3.52. The number of hydrogen-bond acceptors (Lipinski definition) is 7. The van der Waals surface area contributed by atoms with Gasteiger partial charge in [-0.25, -0.2) is 18.1 Å². The Labute approximate surface area is 168 Å². The molecule has 1 aromatic heterocycles. The van der Waals surface area contributed by atoms with E-state index in [1.807, 2.05) is 0 Å². The minimum Gasteiger partial charge on any atom is -0.484 e. The van der Waals surface area contributed by atoms with Crippen LogP contribution in [0.3, 0.4) is 0 Å². The minimum atomic E-state index is -3.52. The van der Waals surface area contributed by atoms with Gasteiger partial charge in [0.15, 0.2) is 11.8 Å². The fourth-order valence-electron chi connectivity index (χ4n) is 2.85. The van der Waals surface area contributed by atoms with Crippen molar-refractivity contribution in [3.8, 4) is 5.75 Å². The van der Waals surface area contributed by atoms with E-state index < -0.39 is 10.0 Å². The third-order valence-corrected chi connectivity index (χ3v) is 6.65. The summed E-state index contributed by atoms with van der Waals surface area (Å²) in [5.41, 5.74) is 0. The average Bonchev–Trinajstić information content (AvgIpc) is 3.38.